The molecule has 8 heavy (non-hydrogen) atoms. The molecule has 1 amide bonds. The molecule has 4 N–H and O–H groups in total. The average Bonchev–Trinajstić information content (AvgIpc) is 1.65. The Morgan fingerprint density at radius 2 is 2.12 bits per heavy atom. The van der Waals surface area contributed by atoms with Gasteiger partial charge in [-0.1, -0.05) is 0 Å². The molecule has 0 aromatic heterocycles. The van der Waals surface area contributed by atoms with Gasteiger partial charge in [0.05, 0.1) is 6.04 Å². The van der Waals surface area contributed by atoms with Crippen molar-refractivity contribution in [3.05, 3.63) is 0 Å². The maximum atomic E-state index is 9.98. The SMILES string of the molecule is Cl.NC(=O)[C@H](N)CS. The number of carbonyl (C=O) groups is 1. The van der Waals surface area contributed by atoms with Crippen LogP contribution < -0.4 is 11.5 Å². The Morgan fingerprint density at radius 3 is 2.12 bits per heavy atom. The van der Waals surface area contributed by atoms with Gasteiger partial charge in [-0.05, 0) is 0 Å². The van der Waals surface area contributed by atoms with Crippen molar-refractivity contribution in [2.45, 2.75) is 6.04 Å². The average molecular weight is 157 g/mol. The normalized spacial score (nSPS) is 11.8. The highest BCUT2D eigenvalue weighted by molar-refractivity contribution is 7.80. The summed E-state index contributed by atoms with van der Waals surface area (Å²) in [5.41, 5.74) is 9.80. The van der Waals surface area contributed by atoms with Gasteiger partial charge in [0.1, 0.15) is 0 Å². The van der Waals surface area contributed by atoms with E-state index in [1.807, 2.05) is 0 Å². The Labute approximate surface area is 59.6 Å². The minimum Gasteiger partial charge on any atom is -0.368 e. The number of hydrogen-bond donors (Lipinski definition) is 3. The van der Waals surface area contributed by atoms with Gasteiger partial charge in [0.15, 0.2) is 0 Å². The van der Waals surface area contributed by atoms with Crippen molar-refractivity contribution in [1.29, 1.82) is 0 Å². The first-order chi connectivity index (χ1) is 3.18. The number of primary amides is 1. The molecule has 0 saturated carbocycles. The van der Waals surface area contributed by atoms with E-state index in [1.54, 1.807) is 0 Å². The number of carbonyl (C=O) groups excluding carboxylic acids is 1. The van der Waals surface area contributed by atoms with E-state index in [1.165, 1.54) is 0 Å². The standard InChI is InChI=1S/C3H8N2OS.ClH/c4-2(1-7)3(5)6;/h2,7H,1,4H2,(H2,5,6);1H/t2-;/m1./s1. The molecule has 0 aromatic rings. The molecule has 0 radical (unpaired) electrons. The predicted octanol–water partition coefficient (Wildman–Crippen LogP) is -0.849. The summed E-state index contributed by atoms with van der Waals surface area (Å²) in [5.74, 6) is -0.190. The lowest BCUT2D eigenvalue weighted by Crippen LogP contribution is -2.37. The molecule has 0 aromatic carbocycles. The number of nitrogens with two attached hydrogens (primary N) is 2. The molecule has 0 aliphatic heterocycles. The summed E-state index contributed by atoms with van der Waals surface area (Å²) in [4.78, 5) is 9.98. The van der Waals surface area contributed by atoms with E-state index in [2.05, 4.69) is 12.6 Å². The van der Waals surface area contributed by atoms with Gasteiger partial charge in [-0.3, -0.25) is 4.79 Å². The van der Waals surface area contributed by atoms with Crippen LogP contribution in [0.5, 0.6) is 0 Å². The number of halogens is 1. The van der Waals surface area contributed by atoms with Gasteiger partial charge in [0.25, 0.3) is 0 Å². The third kappa shape index (κ3) is 4.23. The number of amides is 1. The Morgan fingerprint density at radius 1 is 1.75 bits per heavy atom. The maximum absolute atomic E-state index is 9.98. The zero-order valence-corrected chi connectivity index (χ0v) is 5.91. The Kier molecular flexibility index (Phi) is 7.13. The van der Waals surface area contributed by atoms with Crippen LogP contribution in [-0.4, -0.2) is 17.7 Å². The molecule has 0 heterocycles. The lowest BCUT2D eigenvalue weighted by molar-refractivity contribution is -0.118. The van der Waals surface area contributed by atoms with Crippen molar-refractivity contribution in [3.63, 3.8) is 0 Å². The van der Waals surface area contributed by atoms with Crippen molar-refractivity contribution in [2.24, 2.45) is 11.5 Å². The van der Waals surface area contributed by atoms with E-state index in [4.69, 9.17) is 11.5 Å². The van der Waals surface area contributed by atoms with E-state index in [9.17, 15) is 4.79 Å². The molecule has 3 nitrogen and oxygen atoms in total. The quantitative estimate of drug-likeness (QED) is 0.456. The van der Waals surface area contributed by atoms with Crippen LogP contribution in [0, 0.1) is 0 Å². The second-order valence-electron chi connectivity index (χ2n) is 1.19. The van der Waals surface area contributed by atoms with E-state index < -0.39 is 11.9 Å². The molecule has 0 unspecified atom stereocenters. The fourth-order valence-electron chi connectivity index (χ4n) is 0.0900. The molecule has 0 rings (SSSR count). The van der Waals surface area contributed by atoms with Crippen LogP contribution in [0.4, 0.5) is 0 Å². The fourth-order valence-corrected chi connectivity index (χ4v) is 0.270. The highest BCUT2D eigenvalue weighted by Gasteiger charge is 2.03. The monoisotopic (exact) mass is 156 g/mol. The largest absolute Gasteiger partial charge is 0.368 e. The minimum atomic E-state index is -0.594. The molecule has 0 spiro atoms. The van der Waals surface area contributed by atoms with Gasteiger partial charge in [-0.15, -0.1) is 12.4 Å². The highest BCUT2D eigenvalue weighted by Crippen LogP contribution is 1.77. The summed E-state index contributed by atoms with van der Waals surface area (Å²) in [6.45, 7) is 0. The Hall–Kier alpha value is 0.0700. The van der Waals surface area contributed by atoms with E-state index in [0.717, 1.165) is 0 Å². The van der Waals surface area contributed by atoms with Crippen LogP contribution in [0.2, 0.25) is 0 Å². The second-order valence-corrected chi connectivity index (χ2v) is 1.56. The van der Waals surface area contributed by atoms with E-state index in [-0.39, 0.29) is 12.4 Å². The Balaban J connectivity index is 0. The fraction of sp³-hybridized carbons (Fsp3) is 0.667. The molecule has 1 atom stereocenters. The number of rotatable bonds is 2. The predicted molar refractivity (Wildman–Crippen MR) is 38.3 cm³/mol. The first kappa shape index (κ1) is 10.9. The van der Waals surface area contributed by atoms with Crippen LogP contribution in [0.25, 0.3) is 0 Å². The third-order valence-electron chi connectivity index (χ3n) is 0.562. The molecule has 0 saturated heterocycles. The molecular weight excluding hydrogens is 148 g/mol. The summed E-state index contributed by atoms with van der Waals surface area (Å²) in [6.07, 6.45) is 0. The molecular formula is C3H9ClN2OS. The van der Waals surface area contributed by atoms with Crippen molar-refractivity contribution < 1.29 is 4.79 Å². The number of hydrogen-bond acceptors (Lipinski definition) is 3. The molecule has 0 fully saturated rings. The summed E-state index contributed by atoms with van der Waals surface area (Å²) in [7, 11) is 0. The van der Waals surface area contributed by atoms with Crippen LogP contribution in [-0.2, 0) is 4.79 Å². The van der Waals surface area contributed by atoms with E-state index in [0.29, 0.717) is 5.75 Å². The Bertz CT molecular complexity index is 79.7. The zero-order valence-electron chi connectivity index (χ0n) is 4.20. The maximum Gasteiger partial charge on any atom is 0.235 e. The van der Waals surface area contributed by atoms with Crippen LogP contribution in [0.1, 0.15) is 0 Å². The lowest BCUT2D eigenvalue weighted by Gasteiger charge is -1.98. The van der Waals surface area contributed by atoms with Crippen molar-refractivity contribution in [1.82, 2.24) is 0 Å². The van der Waals surface area contributed by atoms with E-state index >= 15 is 0 Å². The third-order valence-corrected chi connectivity index (χ3v) is 0.956. The summed E-state index contributed by atoms with van der Waals surface area (Å²) in [6, 6.07) is -0.594. The molecule has 5 heteroatoms. The first-order valence-corrected chi connectivity index (χ1v) is 2.47. The van der Waals surface area contributed by atoms with Gasteiger partial charge in [-0.2, -0.15) is 12.6 Å². The molecule has 0 bridgehead atoms. The first-order valence-electron chi connectivity index (χ1n) is 1.84. The van der Waals surface area contributed by atoms with Gasteiger partial charge >= 0.3 is 0 Å². The molecule has 0 aliphatic carbocycles. The van der Waals surface area contributed by atoms with Gasteiger partial charge < -0.3 is 11.5 Å². The minimum absolute atomic E-state index is 0. The van der Waals surface area contributed by atoms with Crippen LogP contribution >= 0.6 is 25.0 Å². The van der Waals surface area contributed by atoms with Gasteiger partial charge in [-0.25, -0.2) is 0 Å². The van der Waals surface area contributed by atoms with Gasteiger partial charge in [0, 0.05) is 5.75 Å². The smallest absolute Gasteiger partial charge is 0.235 e. The number of thiol groups is 1. The summed E-state index contributed by atoms with van der Waals surface area (Å²) < 4.78 is 0. The van der Waals surface area contributed by atoms with Crippen LogP contribution in [0.3, 0.4) is 0 Å². The second kappa shape index (κ2) is 5.21. The van der Waals surface area contributed by atoms with Gasteiger partial charge in [0.2, 0.25) is 5.91 Å². The highest BCUT2D eigenvalue weighted by atomic mass is 35.5. The van der Waals surface area contributed by atoms with Crippen molar-refractivity contribution in [3.8, 4) is 0 Å². The topological polar surface area (TPSA) is 69.1 Å². The van der Waals surface area contributed by atoms with Crippen molar-refractivity contribution >= 4 is 30.9 Å². The summed E-state index contributed by atoms with van der Waals surface area (Å²) in [5, 5.41) is 0. The van der Waals surface area contributed by atoms with Crippen molar-refractivity contribution in [2.75, 3.05) is 5.75 Å². The molecule has 50 valence electrons. The summed E-state index contributed by atoms with van der Waals surface area (Å²) >= 11 is 3.73. The lowest BCUT2D eigenvalue weighted by atomic mass is 10.4. The molecule has 0 aliphatic rings. The van der Waals surface area contributed by atoms with Crippen LogP contribution in [0.15, 0.2) is 0 Å². The zero-order chi connectivity index (χ0) is 5.86.